The Kier molecular flexibility index (Phi) is 3.45. The van der Waals surface area contributed by atoms with E-state index in [9.17, 15) is 10.2 Å². The maximum atomic E-state index is 10.5. The predicted molar refractivity (Wildman–Crippen MR) is 91.1 cm³/mol. The summed E-state index contributed by atoms with van der Waals surface area (Å²) in [6.45, 7) is 10.9. The van der Waals surface area contributed by atoms with Crippen LogP contribution in [0.1, 0.15) is 70.1 Å². The summed E-state index contributed by atoms with van der Waals surface area (Å²) in [5.74, 6) is 1.08. The second kappa shape index (κ2) is 4.86. The van der Waals surface area contributed by atoms with E-state index in [0.29, 0.717) is 17.6 Å². The van der Waals surface area contributed by atoms with Gasteiger partial charge in [0.1, 0.15) is 5.75 Å². The van der Waals surface area contributed by atoms with Gasteiger partial charge in [-0.05, 0) is 58.9 Å². The van der Waals surface area contributed by atoms with Crippen molar-refractivity contribution in [2.75, 3.05) is 0 Å². The molecular formula is C20H28O2. The number of aromatic hydroxyl groups is 1. The third-order valence-electron chi connectivity index (χ3n) is 5.85. The van der Waals surface area contributed by atoms with Crippen molar-refractivity contribution in [2.24, 2.45) is 11.3 Å². The van der Waals surface area contributed by atoms with Crippen LogP contribution in [0.5, 0.6) is 5.75 Å². The van der Waals surface area contributed by atoms with E-state index in [-0.39, 0.29) is 16.9 Å². The highest BCUT2D eigenvalue weighted by Gasteiger charge is 2.51. The van der Waals surface area contributed by atoms with Crippen LogP contribution in [0.4, 0.5) is 0 Å². The summed E-state index contributed by atoms with van der Waals surface area (Å²) in [7, 11) is 0. The van der Waals surface area contributed by atoms with Gasteiger partial charge < -0.3 is 10.2 Å². The van der Waals surface area contributed by atoms with Gasteiger partial charge >= 0.3 is 0 Å². The molecule has 2 heteroatoms. The molecule has 3 unspecified atom stereocenters. The van der Waals surface area contributed by atoms with Gasteiger partial charge in [-0.1, -0.05) is 46.8 Å². The summed E-state index contributed by atoms with van der Waals surface area (Å²) in [6, 6.07) is 4.08. The van der Waals surface area contributed by atoms with Crippen molar-refractivity contribution in [3.63, 3.8) is 0 Å². The van der Waals surface area contributed by atoms with Gasteiger partial charge in [-0.3, -0.25) is 0 Å². The zero-order valence-electron chi connectivity index (χ0n) is 14.4. The molecule has 0 spiro atoms. The summed E-state index contributed by atoms with van der Waals surface area (Å²) >= 11 is 0. The van der Waals surface area contributed by atoms with Gasteiger partial charge in [0.05, 0.1) is 6.10 Å². The molecule has 0 amide bonds. The molecule has 1 fully saturated rings. The minimum absolute atomic E-state index is 0.0624. The Labute approximate surface area is 133 Å². The Morgan fingerprint density at radius 3 is 2.45 bits per heavy atom. The SMILES string of the molecule is CC(C)c1cc2c(cc1O)C1(C)CC(O)CC(C)(C)C1C=C2. The van der Waals surface area contributed by atoms with Crippen LogP contribution < -0.4 is 0 Å². The fraction of sp³-hybridized carbons (Fsp3) is 0.600. The highest BCUT2D eigenvalue weighted by Crippen LogP contribution is 2.56. The maximum absolute atomic E-state index is 10.5. The number of allylic oxidation sites excluding steroid dienone is 1. The highest BCUT2D eigenvalue weighted by atomic mass is 16.3. The smallest absolute Gasteiger partial charge is 0.119 e. The minimum atomic E-state index is -0.275. The summed E-state index contributed by atoms with van der Waals surface area (Å²) in [6.07, 6.45) is 5.87. The van der Waals surface area contributed by atoms with E-state index in [4.69, 9.17) is 0 Å². The topological polar surface area (TPSA) is 40.5 Å². The molecule has 2 nitrogen and oxygen atoms in total. The largest absolute Gasteiger partial charge is 0.508 e. The van der Waals surface area contributed by atoms with Gasteiger partial charge in [-0.25, -0.2) is 0 Å². The summed E-state index contributed by atoms with van der Waals surface area (Å²) in [5, 5.41) is 20.9. The molecule has 3 atom stereocenters. The molecule has 0 bridgehead atoms. The quantitative estimate of drug-likeness (QED) is 0.796. The second-order valence-corrected chi connectivity index (χ2v) is 8.46. The molecule has 1 aromatic rings. The minimum Gasteiger partial charge on any atom is -0.508 e. The Hall–Kier alpha value is -1.28. The van der Waals surface area contributed by atoms with E-state index in [2.05, 4.69) is 52.8 Å². The number of aliphatic hydroxyl groups is 1. The highest BCUT2D eigenvalue weighted by molar-refractivity contribution is 5.64. The zero-order chi connectivity index (χ0) is 16.3. The molecule has 0 radical (unpaired) electrons. The number of hydrogen-bond donors (Lipinski definition) is 2. The van der Waals surface area contributed by atoms with Gasteiger partial charge in [-0.2, -0.15) is 0 Å². The standard InChI is InChI=1S/C20H28O2/c1-12(2)15-8-13-6-7-18-19(3,4)10-14(21)11-20(18,5)16(13)9-17(15)22/h6-9,12,14,18,21-22H,10-11H2,1-5H3. The van der Waals surface area contributed by atoms with Crippen LogP contribution in [0.15, 0.2) is 18.2 Å². The maximum Gasteiger partial charge on any atom is 0.119 e. The molecule has 22 heavy (non-hydrogen) atoms. The first-order valence-corrected chi connectivity index (χ1v) is 8.39. The van der Waals surface area contributed by atoms with Crippen molar-refractivity contribution < 1.29 is 10.2 Å². The Bertz CT molecular complexity index is 627. The van der Waals surface area contributed by atoms with Gasteiger partial charge in [0.2, 0.25) is 0 Å². The number of phenolic OH excluding ortho intramolecular Hbond substituents is 1. The summed E-state index contributed by atoms with van der Waals surface area (Å²) < 4.78 is 0. The lowest BCUT2D eigenvalue weighted by molar-refractivity contribution is -0.0110. The Morgan fingerprint density at radius 1 is 1.14 bits per heavy atom. The van der Waals surface area contributed by atoms with Gasteiger partial charge in [0, 0.05) is 5.41 Å². The summed E-state index contributed by atoms with van der Waals surface area (Å²) in [4.78, 5) is 0. The fourth-order valence-corrected chi connectivity index (χ4v) is 4.95. The van der Waals surface area contributed by atoms with Crippen molar-refractivity contribution in [1.82, 2.24) is 0 Å². The predicted octanol–water partition coefficient (Wildman–Crippen LogP) is 4.60. The van der Waals surface area contributed by atoms with Gasteiger partial charge in [0.25, 0.3) is 0 Å². The molecule has 0 heterocycles. The molecular weight excluding hydrogens is 272 g/mol. The van der Waals surface area contributed by atoms with Crippen molar-refractivity contribution in [3.05, 3.63) is 34.9 Å². The van der Waals surface area contributed by atoms with Crippen LogP contribution in [0.3, 0.4) is 0 Å². The van der Waals surface area contributed by atoms with Crippen LogP contribution in [-0.2, 0) is 5.41 Å². The van der Waals surface area contributed by atoms with Crippen LogP contribution >= 0.6 is 0 Å². The van der Waals surface area contributed by atoms with Crippen molar-refractivity contribution in [2.45, 2.75) is 64.9 Å². The fourth-order valence-electron chi connectivity index (χ4n) is 4.95. The molecule has 0 aliphatic heterocycles. The van der Waals surface area contributed by atoms with Gasteiger partial charge in [-0.15, -0.1) is 0 Å². The monoisotopic (exact) mass is 300 g/mol. The Balaban J connectivity index is 2.17. The van der Waals surface area contributed by atoms with E-state index < -0.39 is 0 Å². The number of rotatable bonds is 1. The van der Waals surface area contributed by atoms with E-state index in [1.54, 1.807) is 0 Å². The number of phenols is 1. The van der Waals surface area contributed by atoms with Gasteiger partial charge in [0.15, 0.2) is 0 Å². The molecule has 120 valence electrons. The third-order valence-corrected chi connectivity index (χ3v) is 5.85. The van der Waals surface area contributed by atoms with Crippen molar-refractivity contribution in [3.8, 4) is 5.75 Å². The number of hydrogen-bond acceptors (Lipinski definition) is 2. The Morgan fingerprint density at radius 2 is 1.82 bits per heavy atom. The molecule has 2 N–H and O–H groups in total. The van der Waals surface area contributed by atoms with Crippen molar-refractivity contribution >= 4 is 6.08 Å². The molecule has 3 rings (SSSR count). The van der Waals surface area contributed by atoms with Crippen LogP contribution in [-0.4, -0.2) is 16.3 Å². The molecule has 0 saturated heterocycles. The molecule has 2 aliphatic rings. The lowest BCUT2D eigenvalue weighted by atomic mass is 9.51. The third kappa shape index (κ3) is 2.20. The average Bonchev–Trinajstić information content (AvgIpc) is 2.36. The average molecular weight is 300 g/mol. The van der Waals surface area contributed by atoms with Crippen LogP contribution in [0.25, 0.3) is 6.08 Å². The molecule has 1 saturated carbocycles. The number of fused-ring (bicyclic) bond motifs is 3. The van der Waals surface area contributed by atoms with E-state index >= 15 is 0 Å². The molecule has 0 aromatic heterocycles. The summed E-state index contributed by atoms with van der Waals surface area (Å²) in [5.41, 5.74) is 3.34. The van der Waals surface area contributed by atoms with E-state index in [1.165, 1.54) is 11.1 Å². The van der Waals surface area contributed by atoms with E-state index in [1.807, 2.05) is 6.07 Å². The number of benzene rings is 1. The van der Waals surface area contributed by atoms with Crippen LogP contribution in [0.2, 0.25) is 0 Å². The lowest BCUT2D eigenvalue weighted by Crippen LogP contribution is -2.50. The normalized spacial score (nSPS) is 32.7. The van der Waals surface area contributed by atoms with Crippen LogP contribution in [0, 0.1) is 11.3 Å². The molecule has 1 aromatic carbocycles. The van der Waals surface area contributed by atoms with E-state index in [0.717, 1.165) is 18.4 Å². The molecule has 2 aliphatic carbocycles. The lowest BCUT2D eigenvalue weighted by Gasteiger charge is -2.53. The second-order valence-electron chi connectivity index (χ2n) is 8.46. The first-order valence-electron chi connectivity index (χ1n) is 8.39. The number of aliphatic hydroxyl groups excluding tert-OH is 1. The zero-order valence-corrected chi connectivity index (χ0v) is 14.4. The first kappa shape index (κ1) is 15.6. The van der Waals surface area contributed by atoms with Crippen molar-refractivity contribution in [1.29, 1.82) is 0 Å². The first-order chi connectivity index (χ1) is 10.1.